The van der Waals surface area contributed by atoms with E-state index in [1.165, 1.54) is 10.4 Å². The number of hydrogen-bond donors (Lipinski definition) is 1. The quantitative estimate of drug-likeness (QED) is 0.676. The van der Waals surface area contributed by atoms with Crippen LogP contribution in [0.5, 0.6) is 0 Å². The molecule has 4 rings (SSSR count). The van der Waals surface area contributed by atoms with Crippen molar-refractivity contribution in [2.45, 2.75) is 25.3 Å². The molecule has 0 saturated heterocycles. The van der Waals surface area contributed by atoms with Gasteiger partial charge in [0.2, 0.25) is 11.8 Å². The lowest BCUT2D eigenvalue weighted by atomic mass is 9.90. The van der Waals surface area contributed by atoms with Crippen molar-refractivity contribution in [1.82, 2.24) is 10.2 Å². The molecule has 0 saturated carbocycles. The van der Waals surface area contributed by atoms with Gasteiger partial charge in [-0.15, -0.1) is 11.3 Å². The topological polar surface area (TPSA) is 49.4 Å². The summed E-state index contributed by atoms with van der Waals surface area (Å²) in [6.45, 7) is 1.79. The lowest BCUT2D eigenvalue weighted by molar-refractivity contribution is -0.132. The van der Waals surface area contributed by atoms with Gasteiger partial charge >= 0.3 is 0 Å². The van der Waals surface area contributed by atoms with Crippen molar-refractivity contribution >= 4 is 23.2 Å². The second-order valence-electron chi connectivity index (χ2n) is 7.23. The van der Waals surface area contributed by atoms with Gasteiger partial charge < -0.3 is 10.2 Å². The Morgan fingerprint density at radius 3 is 2.28 bits per heavy atom. The highest BCUT2D eigenvalue weighted by Gasteiger charge is 2.24. The highest BCUT2D eigenvalue weighted by molar-refractivity contribution is 7.10. The monoisotopic (exact) mass is 404 g/mol. The Bertz CT molecular complexity index is 929. The standard InChI is InChI=1S/C24H24N2O2S/c27-22(26-15-12-21-20(17-26)13-16-29-21)11-14-25-24(28)23(18-7-3-1-4-8-18)19-9-5-2-6-10-19/h1-10,13,16,23H,11-12,14-15,17H2,(H,25,28). The maximum absolute atomic E-state index is 13.0. The predicted molar refractivity (Wildman–Crippen MR) is 116 cm³/mol. The van der Waals surface area contributed by atoms with Gasteiger partial charge in [-0.25, -0.2) is 0 Å². The number of thiophene rings is 1. The molecule has 2 heterocycles. The van der Waals surface area contributed by atoms with E-state index in [9.17, 15) is 9.59 Å². The third-order valence-electron chi connectivity index (χ3n) is 5.33. The zero-order valence-corrected chi connectivity index (χ0v) is 17.0. The number of carbonyl (C=O) groups excluding carboxylic acids is 2. The molecule has 0 atom stereocenters. The van der Waals surface area contributed by atoms with Crippen LogP contribution in [0.25, 0.3) is 0 Å². The van der Waals surface area contributed by atoms with E-state index in [0.29, 0.717) is 19.5 Å². The number of rotatable bonds is 6. The Balaban J connectivity index is 1.37. The molecule has 0 aliphatic carbocycles. The van der Waals surface area contributed by atoms with Gasteiger partial charge in [0, 0.05) is 30.9 Å². The lowest BCUT2D eigenvalue weighted by Crippen LogP contribution is -2.38. The van der Waals surface area contributed by atoms with Crippen molar-refractivity contribution in [1.29, 1.82) is 0 Å². The minimum atomic E-state index is -0.379. The molecule has 148 valence electrons. The minimum absolute atomic E-state index is 0.0750. The summed E-state index contributed by atoms with van der Waals surface area (Å²) in [5, 5.41) is 5.07. The molecule has 4 nitrogen and oxygen atoms in total. The normalized spacial score (nSPS) is 13.2. The summed E-state index contributed by atoms with van der Waals surface area (Å²) in [6, 6.07) is 21.6. The Labute approximate surface area is 175 Å². The van der Waals surface area contributed by atoms with Crippen LogP contribution >= 0.6 is 11.3 Å². The first-order valence-corrected chi connectivity index (χ1v) is 10.8. The Hall–Kier alpha value is -2.92. The van der Waals surface area contributed by atoms with Gasteiger partial charge in [-0.05, 0) is 34.6 Å². The van der Waals surface area contributed by atoms with Crippen LogP contribution in [0.2, 0.25) is 0 Å². The summed E-state index contributed by atoms with van der Waals surface area (Å²) < 4.78 is 0. The number of carbonyl (C=O) groups is 2. The molecule has 5 heteroatoms. The molecule has 1 aliphatic heterocycles. The average Bonchev–Trinajstić information content (AvgIpc) is 3.23. The van der Waals surface area contributed by atoms with E-state index in [-0.39, 0.29) is 17.7 Å². The molecule has 0 radical (unpaired) electrons. The molecule has 1 N–H and O–H groups in total. The highest BCUT2D eigenvalue weighted by atomic mass is 32.1. The minimum Gasteiger partial charge on any atom is -0.355 e. The van der Waals surface area contributed by atoms with Gasteiger partial charge in [0.05, 0.1) is 5.92 Å². The highest BCUT2D eigenvalue weighted by Crippen LogP contribution is 2.25. The molecular weight excluding hydrogens is 380 g/mol. The molecule has 2 aromatic carbocycles. The van der Waals surface area contributed by atoms with E-state index in [4.69, 9.17) is 0 Å². The Morgan fingerprint density at radius 1 is 0.966 bits per heavy atom. The number of hydrogen-bond acceptors (Lipinski definition) is 3. The SMILES string of the molecule is O=C(NCCC(=O)N1CCc2sccc2C1)C(c1ccccc1)c1ccccc1. The van der Waals surface area contributed by atoms with Crippen LogP contribution in [0, 0.1) is 0 Å². The molecular formula is C24H24N2O2S. The van der Waals surface area contributed by atoms with Gasteiger partial charge in [-0.2, -0.15) is 0 Å². The number of benzene rings is 2. The third-order valence-corrected chi connectivity index (χ3v) is 6.35. The van der Waals surface area contributed by atoms with Crippen molar-refractivity contribution in [2.24, 2.45) is 0 Å². The van der Waals surface area contributed by atoms with Crippen molar-refractivity contribution in [3.05, 3.63) is 93.7 Å². The fourth-order valence-corrected chi connectivity index (χ4v) is 4.69. The zero-order valence-electron chi connectivity index (χ0n) is 16.2. The van der Waals surface area contributed by atoms with Crippen molar-refractivity contribution < 1.29 is 9.59 Å². The number of amides is 2. The molecule has 0 spiro atoms. The van der Waals surface area contributed by atoms with E-state index in [1.807, 2.05) is 65.6 Å². The molecule has 2 amide bonds. The van der Waals surface area contributed by atoms with Crippen molar-refractivity contribution in [2.75, 3.05) is 13.1 Å². The summed E-state index contributed by atoms with van der Waals surface area (Å²) in [4.78, 5) is 28.9. The number of nitrogens with zero attached hydrogens (tertiary/aromatic N) is 1. The summed E-state index contributed by atoms with van der Waals surface area (Å²) in [6.07, 6.45) is 1.25. The average molecular weight is 405 g/mol. The summed E-state index contributed by atoms with van der Waals surface area (Å²) in [5.74, 6) is -0.358. The fourth-order valence-electron chi connectivity index (χ4n) is 3.80. The molecule has 3 aromatic rings. The van der Waals surface area contributed by atoms with E-state index in [1.54, 1.807) is 11.3 Å². The number of nitrogens with one attached hydrogen (secondary N) is 1. The second-order valence-corrected chi connectivity index (χ2v) is 8.23. The smallest absolute Gasteiger partial charge is 0.232 e. The van der Waals surface area contributed by atoms with Crippen LogP contribution in [0.3, 0.4) is 0 Å². The van der Waals surface area contributed by atoms with E-state index < -0.39 is 0 Å². The van der Waals surface area contributed by atoms with Crippen LogP contribution in [-0.4, -0.2) is 29.8 Å². The largest absolute Gasteiger partial charge is 0.355 e. The first-order chi connectivity index (χ1) is 14.2. The van der Waals surface area contributed by atoms with Crippen LogP contribution in [0.4, 0.5) is 0 Å². The predicted octanol–water partition coefficient (Wildman–Crippen LogP) is 3.97. The molecule has 0 unspecified atom stereocenters. The zero-order chi connectivity index (χ0) is 20.1. The molecule has 0 fully saturated rings. The van der Waals surface area contributed by atoms with Crippen LogP contribution in [-0.2, 0) is 22.6 Å². The third kappa shape index (κ3) is 4.57. The van der Waals surface area contributed by atoms with Crippen LogP contribution in [0.1, 0.15) is 33.9 Å². The Kier molecular flexibility index (Phi) is 6.06. The van der Waals surface area contributed by atoms with E-state index in [2.05, 4.69) is 16.8 Å². The van der Waals surface area contributed by atoms with Gasteiger partial charge in [0.1, 0.15) is 0 Å². The summed E-state index contributed by atoms with van der Waals surface area (Å²) in [5.41, 5.74) is 3.15. The molecule has 29 heavy (non-hydrogen) atoms. The molecule has 1 aliphatic rings. The van der Waals surface area contributed by atoms with Gasteiger partial charge in [0.25, 0.3) is 0 Å². The van der Waals surface area contributed by atoms with Crippen molar-refractivity contribution in [3.8, 4) is 0 Å². The Morgan fingerprint density at radius 2 is 1.62 bits per heavy atom. The van der Waals surface area contributed by atoms with Gasteiger partial charge in [-0.3, -0.25) is 9.59 Å². The maximum Gasteiger partial charge on any atom is 0.232 e. The van der Waals surface area contributed by atoms with Crippen LogP contribution in [0.15, 0.2) is 72.1 Å². The molecule has 1 aromatic heterocycles. The summed E-state index contributed by atoms with van der Waals surface area (Å²) >= 11 is 1.76. The van der Waals surface area contributed by atoms with Gasteiger partial charge in [-0.1, -0.05) is 60.7 Å². The maximum atomic E-state index is 13.0. The van der Waals surface area contributed by atoms with E-state index in [0.717, 1.165) is 24.1 Å². The number of fused-ring (bicyclic) bond motifs is 1. The van der Waals surface area contributed by atoms with Gasteiger partial charge in [0.15, 0.2) is 0 Å². The lowest BCUT2D eigenvalue weighted by Gasteiger charge is -2.27. The van der Waals surface area contributed by atoms with Crippen molar-refractivity contribution in [3.63, 3.8) is 0 Å². The van der Waals surface area contributed by atoms with E-state index >= 15 is 0 Å². The molecule has 0 bridgehead atoms. The first-order valence-electron chi connectivity index (χ1n) is 9.93. The fraction of sp³-hybridized carbons (Fsp3) is 0.250. The second kappa shape index (κ2) is 9.05. The first kappa shape index (κ1) is 19.4. The summed E-state index contributed by atoms with van der Waals surface area (Å²) in [7, 11) is 0. The van der Waals surface area contributed by atoms with Crippen LogP contribution < -0.4 is 5.32 Å².